The number of amides is 3. The molecule has 7 nitrogen and oxygen atoms in total. The summed E-state index contributed by atoms with van der Waals surface area (Å²) in [6.07, 6.45) is -0.232. The number of morpholine rings is 1. The topological polar surface area (TPSA) is 76.2 Å². The third kappa shape index (κ3) is 3.56. The van der Waals surface area contributed by atoms with E-state index in [1.165, 1.54) is 0 Å². The lowest BCUT2D eigenvalue weighted by molar-refractivity contribution is -0.143. The van der Waals surface area contributed by atoms with Gasteiger partial charge in [0.1, 0.15) is 12.6 Å². The standard InChI is InChI=1S/C17H20N2O5/c20-15-7-6-14(16(21)18-8-10-23-11-9-18)19(15)17(22)24-12-13-4-2-1-3-5-13/h1-5,14H,6-12H2/t14-/m0/s1. The number of nitrogens with zero attached hydrogens (tertiary/aromatic N) is 2. The molecule has 2 heterocycles. The Morgan fingerprint density at radius 3 is 2.58 bits per heavy atom. The first-order valence-electron chi connectivity index (χ1n) is 8.06. The zero-order valence-electron chi connectivity index (χ0n) is 13.3. The van der Waals surface area contributed by atoms with E-state index in [1.807, 2.05) is 30.3 Å². The van der Waals surface area contributed by atoms with Gasteiger partial charge in [0.05, 0.1) is 13.2 Å². The molecule has 0 aromatic heterocycles. The zero-order valence-corrected chi connectivity index (χ0v) is 13.3. The van der Waals surface area contributed by atoms with E-state index in [0.29, 0.717) is 32.7 Å². The summed E-state index contributed by atoms with van der Waals surface area (Å²) in [4.78, 5) is 39.6. The fourth-order valence-corrected chi connectivity index (χ4v) is 2.93. The van der Waals surface area contributed by atoms with E-state index >= 15 is 0 Å². The Bertz CT molecular complexity index is 613. The quantitative estimate of drug-likeness (QED) is 0.830. The van der Waals surface area contributed by atoms with E-state index < -0.39 is 12.1 Å². The van der Waals surface area contributed by atoms with Crippen LogP contribution in [0.3, 0.4) is 0 Å². The Labute approximate surface area is 140 Å². The monoisotopic (exact) mass is 332 g/mol. The van der Waals surface area contributed by atoms with E-state index in [2.05, 4.69) is 0 Å². The molecule has 0 spiro atoms. The summed E-state index contributed by atoms with van der Waals surface area (Å²) in [5.74, 6) is -0.569. The minimum absolute atomic E-state index is 0.0713. The SMILES string of the molecule is O=C([C@@H]1CCC(=O)N1C(=O)OCc1ccccc1)N1CCOCC1. The molecule has 128 valence electrons. The van der Waals surface area contributed by atoms with Crippen molar-refractivity contribution in [3.05, 3.63) is 35.9 Å². The highest BCUT2D eigenvalue weighted by Gasteiger charge is 2.43. The summed E-state index contributed by atoms with van der Waals surface area (Å²) >= 11 is 0. The van der Waals surface area contributed by atoms with Crippen LogP contribution < -0.4 is 0 Å². The number of imide groups is 1. The van der Waals surface area contributed by atoms with E-state index in [4.69, 9.17) is 9.47 Å². The van der Waals surface area contributed by atoms with Crippen LogP contribution in [-0.2, 0) is 25.7 Å². The fraction of sp³-hybridized carbons (Fsp3) is 0.471. The predicted octanol–water partition coefficient (Wildman–Crippen LogP) is 1.17. The van der Waals surface area contributed by atoms with Crippen LogP contribution in [0.4, 0.5) is 4.79 Å². The van der Waals surface area contributed by atoms with Crippen LogP contribution >= 0.6 is 0 Å². The minimum Gasteiger partial charge on any atom is -0.444 e. The molecule has 0 N–H and O–H groups in total. The van der Waals surface area contributed by atoms with Gasteiger partial charge < -0.3 is 14.4 Å². The van der Waals surface area contributed by atoms with Crippen molar-refractivity contribution in [1.29, 1.82) is 0 Å². The molecule has 0 saturated carbocycles. The highest BCUT2D eigenvalue weighted by molar-refractivity contribution is 6.00. The first-order chi connectivity index (χ1) is 11.7. The van der Waals surface area contributed by atoms with Crippen LogP contribution in [0.1, 0.15) is 18.4 Å². The van der Waals surface area contributed by atoms with Crippen molar-refractivity contribution in [2.24, 2.45) is 0 Å². The maximum atomic E-state index is 12.6. The Morgan fingerprint density at radius 2 is 1.88 bits per heavy atom. The molecule has 0 radical (unpaired) electrons. The summed E-state index contributed by atoms with van der Waals surface area (Å²) in [6, 6.07) is 8.44. The van der Waals surface area contributed by atoms with Gasteiger partial charge in [-0.25, -0.2) is 9.69 Å². The Kier molecular flexibility index (Phi) is 5.10. The summed E-state index contributed by atoms with van der Waals surface area (Å²) in [6.45, 7) is 1.99. The molecular weight excluding hydrogens is 312 g/mol. The molecule has 3 amide bonds. The number of likely N-dealkylation sites (tertiary alicyclic amines) is 1. The molecule has 2 fully saturated rings. The molecule has 0 bridgehead atoms. The number of carbonyl (C=O) groups is 3. The van der Waals surface area contributed by atoms with Gasteiger partial charge in [0.2, 0.25) is 11.8 Å². The van der Waals surface area contributed by atoms with E-state index in [1.54, 1.807) is 4.90 Å². The first-order valence-corrected chi connectivity index (χ1v) is 8.06. The highest BCUT2D eigenvalue weighted by Crippen LogP contribution is 2.22. The second kappa shape index (κ2) is 7.44. The van der Waals surface area contributed by atoms with Gasteiger partial charge in [-0.3, -0.25) is 9.59 Å². The second-order valence-electron chi connectivity index (χ2n) is 5.80. The number of rotatable bonds is 3. The molecule has 2 saturated heterocycles. The van der Waals surface area contributed by atoms with Gasteiger partial charge in [-0.1, -0.05) is 30.3 Å². The molecule has 1 aromatic rings. The lowest BCUT2D eigenvalue weighted by Gasteiger charge is -2.31. The zero-order chi connectivity index (χ0) is 16.9. The van der Waals surface area contributed by atoms with Crippen LogP contribution in [0.15, 0.2) is 30.3 Å². The number of hydrogen-bond donors (Lipinski definition) is 0. The molecule has 1 aromatic carbocycles. The molecular formula is C17H20N2O5. The highest BCUT2D eigenvalue weighted by atomic mass is 16.6. The summed E-state index contributed by atoms with van der Waals surface area (Å²) in [5, 5.41) is 0. The third-order valence-electron chi connectivity index (χ3n) is 4.22. The lowest BCUT2D eigenvalue weighted by atomic mass is 10.2. The van der Waals surface area contributed by atoms with E-state index in [0.717, 1.165) is 10.5 Å². The Morgan fingerprint density at radius 1 is 1.17 bits per heavy atom. The predicted molar refractivity (Wildman–Crippen MR) is 83.9 cm³/mol. The molecule has 2 aliphatic rings. The van der Waals surface area contributed by atoms with Crippen molar-refractivity contribution in [2.75, 3.05) is 26.3 Å². The van der Waals surface area contributed by atoms with Crippen LogP contribution in [-0.4, -0.2) is 60.1 Å². The first kappa shape index (κ1) is 16.4. The maximum Gasteiger partial charge on any atom is 0.417 e. The maximum absolute atomic E-state index is 12.6. The number of ether oxygens (including phenoxy) is 2. The largest absolute Gasteiger partial charge is 0.444 e. The van der Waals surface area contributed by atoms with Gasteiger partial charge in [-0.2, -0.15) is 0 Å². The number of carbonyl (C=O) groups excluding carboxylic acids is 3. The van der Waals surface area contributed by atoms with Gasteiger partial charge in [0.15, 0.2) is 0 Å². The van der Waals surface area contributed by atoms with Crippen LogP contribution in [0.2, 0.25) is 0 Å². The smallest absolute Gasteiger partial charge is 0.417 e. The van der Waals surface area contributed by atoms with Crippen molar-refractivity contribution in [2.45, 2.75) is 25.5 Å². The van der Waals surface area contributed by atoms with Crippen molar-refractivity contribution in [1.82, 2.24) is 9.80 Å². The van der Waals surface area contributed by atoms with Gasteiger partial charge >= 0.3 is 6.09 Å². The molecule has 2 aliphatic heterocycles. The van der Waals surface area contributed by atoms with Crippen molar-refractivity contribution >= 4 is 17.9 Å². The van der Waals surface area contributed by atoms with Crippen LogP contribution in [0.5, 0.6) is 0 Å². The van der Waals surface area contributed by atoms with Crippen LogP contribution in [0.25, 0.3) is 0 Å². The fourth-order valence-electron chi connectivity index (χ4n) is 2.93. The summed E-state index contributed by atoms with van der Waals surface area (Å²) in [7, 11) is 0. The van der Waals surface area contributed by atoms with Crippen molar-refractivity contribution in [3.8, 4) is 0 Å². The molecule has 7 heteroatoms. The lowest BCUT2D eigenvalue weighted by Crippen LogP contribution is -2.52. The number of benzene rings is 1. The van der Waals surface area contributed by atoms with Gasteiger partial charge in [-0.15, -0.1) is 0 Å². The van der Waals surface area contributed by atoms with Gasteiger partial charge in [-0.05, 0) is 12.0 Å². The molecule has 3 rings (SSSR count). The average molecular weight is 332 g/mol. The summed E-state index contributed by atoms with van der Waals surface area (Å²) in [5.41, 5.74) is 0.827. The van der Waals surface area contributed by atoms with Crippen molar-refractivity contribution < 1.29 is 23.9 Å². The molecule has 0 unspecified atom stereocenters. The summed E-state index contributed by atoms with van der Waals surface area (Å²) < 4.78 is 10.5. The van der Waals surface area contributed by atoms with Gasteiger partial charge in [0.25, 0.3) is 0 Å². The van der Waals surface area contributed by atoms with E-state index in [9.17, 15) is 14.4 Å². The molecule has 1 atom stereocenters. The third-order valence-corrected chi connectivity index (χ3v) is 4.22. The molecule has 0 aliphatic carbocycles. The Balaban J connectivity index is 1.63. The van der Waals surface area contributed by atoms with E-state index in [-0.39, 0.29) is 24.8 Å². The minimum atomic E-state index is -0.765. The van der Waals surface area contributed by atoms with Gasteiger partial charge in [0, 0.05) is 19.5 Å². The number of hydrogen-bond acceptors (Lipinski definition) is 5. The normalized spacial score (nSPS) is 21.0. The van der Waals surface area contributed by atoms with Crippen LogP contribution in [0, 0.1) is 0 Å². The second-order valence-corrected chi connectivity index (χ2v) is 5.80. The molecule has 24 heavy (non-hydrogen) atoms. The Hall–Kier alpha value is -2.41. The average Bonchev–Trinajstić information content (AvgIpc) is 3.02. The van der Waals surface area contributed by atoms with Crippen molar-refractivity contribution in [3.63, 3.8) is 0 Å².